The topological polar surface area (TPSA) is 133 Å². The lowest BCUT2D eigenvalue weighted by Gasteiger charge is -2.03. The average molecular weight is 176 g/mol. The predicted molar refractivity (Wildman–Crippen MR) is 35.8 cm³/mol. The monoisotopic (exact) mass is 176 g/mol. The van der Waals surface area contributed by atoms with E-state index in [1.807, 2.05) is 0 Å². The first-order valence-electron chi connectivity index (χ1n) is 2.92. The van der Waals surface area contributed by atoms with Crippen molar-refractivity contribution in [3.05, 3.63) is 0 Å². The Bertz CT molecular complexity index is 214. The molecule has 0 aliphatic carbocycles. The van der Waals surface area contributed by atoms with E-state index in [9.17, 15) is 14.4 Å². The molecular weight excluding hydrogens is 168 g/mol. The van der Waals surface area contributed by atoms with Crippen LogP contribution in [-0.2, 0) is 19.1 Å². The first-order valence-corrected chi connectivity index (χ1v) is 2.92. The van der Waals surface area contributed by atoms with E-state index in [1.165, 1.54) is 0 Å². The van der Waals surface area contributed by atoms with Gasteiger partial charge < -0.3 is 21.3 Å². The summed E-state index contributed by atoms with van der Waals surface area (Å²) in [6, 6.07) is -1.85. The first kappa shape index (κ1) is 10.5. The summed E-state index contributed by atoms with van der Waals surface area (Å²) in [6.07, 6.45) is 0. The van der Waals surface area contributed by atoms with Gasteiger partial charge >= 0.3 is 17.9 Å². The summed E-state index contributed by atoms with van der Waals surface area (Å²) in [5.74, 6) is -3.90. The second-order valence-electron chi connectivity index (χ2n) is 1.81. The van der Waals surface area contributed by atoms with Gasteiger partial charge in [0.25, 0.3) is 0 Å². The molecule has 0 amide bonds. The average Bonchev–Trinajstić information content (AvgIpc) is 2.02. The number of hydrogen-bond acceptors (Lipinski definition) is 6. The van der Waals surface area contributed by atoms with Crippen molar-refractivity contribution in [1.82, 2.24) is 0 Å². The van der Waals surface area contributed by atoms with Crippen LogP contribution in [0.5, 0.6) is 0 Å². The summed E-state index contributed by atoms with van der Waals surface area (Å²) in [5.41, 5.74) is 9.58. The highest BCUT2D eigenvalue weighted by atomic mass is 16.6. The van der Waals surface area contributed by atoms with Crippen LogP contribution in [0.15, 0.2) is 0 Å². The van der Waals surface area contributed by atoms with Crippen LogP contribution in [0.4, 0.5) is 0 Å². The third-order valence-corrected chi connectivity index (χ3v) is 0.901. The maximum Gasteiger partial charge on any atom is 0.342 e. The van der Waals surface area contributed by atoms with Gasteiger partial charge in [0.15, 0.2) is 0 Å². The minimum atomic E-state index is -1.85. The fraction of sp³-hybridized carbons (Fsp3) is 0.400. The van der Waals surface area contributed by atoms with Crippen molar-refractivity contribution in [3.8, 4) is 0 Å². The maximum absolute atomic E-state index is 10.5. The van der Waals surface area contributed by atoms with Crippen molar-refractivity contribution in [1.29, 1.82) is 0 Å². The Morgan fingerprint density at radius 3 is 2.25 bits per heavy atom. The van der Waals surface area contributed by atoms with Gasteiger partial charge in [-0.25, -0.2) is 9.59 Å². The molecule has 7 nitrogen and oxygen atoms in total. The van der Waals surface area contributed by atoms with E-state index < -0.39 is 30.5 Å². The molecule has 5 N–H and O–H groups in total. The van der Waals surface area contributed by atoms with Gasteiger partial charge in [-0.15, -0.1) is 0 Å². The van der Waals surface area contributed by atoms with Crippen molar-refractivity contribution in [2.75, 3.05) is 6.54 Å². The molecule has 7 heteroatoms. The van der Waals surface area contributed by atoms with E-state index >= 15 is 0 Å². The van der Waals surface area contributed by atoms with Gasteiger partial charge in [-0.05, 0) is 0 Å². The first-order chi connectivity index (χ1) is 5.49. The second kappa shape index (κ2) is 4.42. The van der Waals surface area contributed by atoms with Crippen molar-refractivity contribution in [2.45, 2.75) is 6.04 Å². The van der Waals surface area contributed by atoms with Crippen molar-refractivity contribution >= 4 is 17.9 Å². The van der Waals surface area contributed by atoms with Gasteiger partial charge in [-0.3, -0.25) is 4.79 Å². The molecule has 12 heavy (non-hydrogen) atoms. The van der Waals surface area contributed by atoms with Gasteiger partial charge in [-0.2, -0.15) is 0 Å². The number of hydrogen-bond donors (Lipinski definition) is 3. The molecule has 0 saturated heterocycles. The number of rotatable bonds is 3. The third kappa shape index (κ3) is 3.08. The van der Waals surface area contributed by atoms with Gasteiger partial charge in [0, 0.05) is 0 Å². The van der Waals surface area contributed by atoms with E-state index in [1.54, 1.807) is 0 Å². The molecular formula is C5H8N2O5. The lowest BCUT2D eigenvalue weighted by atomic mass is 10.3. The quantitative estimate of drug-likeness (QED) is 0.318. The molecule has 0 saturated carbocycles. The lowest BCUT2D eigenvalue weighted by Crippen LogP contribution is -2.41. The van der Waals surface area contributed by atoms with Crippen molar-refractivity contribution in [3.63, 3.8) is 0 Å². The zero-order valence-corrected chi connectivity index (χ0v) is 6.02. The molecule has 0 aromatic rings. The summed E-state index contributed by atoms with van der Waals surface area (Å²) >= 11 is 0. The zero-order valence-electron chi connectivity index (χ0n) is 6.02. The zero-order chi connectivity index (χ0) is 9.72. The fourth-order valence-electron chi connectivity index (χ4n) is 0.318. The molecule has 0 aliphatic rings. The van der Waals surface area contributed by atoms with Crippen LogP contribution in [0, 0.1) is 0 Å². The van der Waals surface area contributed by atoms with Gasteiger partial charge in [-0.1, -0.05) is 0 Å². The summed E-state index contributed by atoms with van der Waals surface area (Å²) in [4.78, 5) is 30.9. The van der Waals surface area contributed by atoms with E-state index in [-0.39, 0.29) is 0 Å². The Hall–Kier alpha value is -1.47. The molecule has 1 unspecified atom stereocenters. The van der Waals surface area contributed by atoms with Crippen LogP contribution in [0.3, 0.4) is 0 Å². The minimum absolute atomic E-state index is 0.502. The number of carbonyl (C=O) groups excluding carboxylic acids is 2. The van der Waals surface area contributed by atoms with Gasteiger partial charge in [0.1, 0.15) is 0 Å². The van der Waals surface area contributed by atoms with Crippen LogP contribution in [0.25, 0.3) is 0 Å². The number of carboxylic acid groups (broad SMARTS) is 1. The minimum Gasteiger partial charge on any atom is -0.480 e. The lowest BCUT2D eigenvalue weighted by molar-refractivity contribution is -0.162. The standard InChI is InChI=1S/C5H8N2O5/c6-1-2(8)12-5(11)3(7)4(9)10/h3H,1,6-7H2,(H,9,10). The molecule has 0 radical (unpaired) electrons. The van der Waals surface area contributed by atoms with E-state index in [2.05, 4.69) is 4.74 Å². The third-order valence-electron chi connectivity index (χ3n) is 0.901. The predicted octanol–water partition coefficient (Wildman–Crippen LogP) is -2.57. The Kier molecular flexibility index (Phi) is 3.88. The number of carbonyl (C=O) groups is 3. The molecule has 0 heterocycles. The summed E-state index contributed by atoms with van der Waals surface area (Å²) in [6.45, 7) is -0.502. The van der Waals surface area contributed by atoms with Gasteiger partial charge in [0.05, 0.1) is 6.54 Å². The molecule has 0 aromatic carbocycles. The SMILES string of the molecule is NCC(=O)OC(=O)C(N)C(=O)O. The molecule has 0 spiro atoms. The fourth-order valence-corrected chi connectivity index (χ4v) is 0.318. The molecule has 0 aromatic heterocycles. The number of nitrogens with two attached hydrogens (primary N) is 2. The van der Waals surface area contributed by atoms with E-state index in [4.69, 9.17) is 16.6 Å². The molecule has 68 valence electrons. The second-order valence-corrected chi connectivity index (χ2v) is 1.81. The largest absolute Gasteiger partial charge is 0.480 e. The smallest absolute Gasteiger partial charge is 0.342 e. The van der Waals surface area contributed by atoms with Crippen LogP contribution < -0.4 is 11.5 Å². The van der Waals surface area contributed by atoms with Crippen LogP contribution >= 0.6 is 0 Å². The number of aliphatic carboxylic acids is 1. The van der Waals surface area contributed by atoms with E-state index in [0.717, 1.165) is 0 Å². The molecule has 0 rings (SSSR count). The van der Waals surface area contributed by atoms with Crippen LogP contribution in [-0.4, -0.2) is 35.6 Å². The summed E-state index contributed by atoms with van der Waals surface area (Å²) in [7, 11) is 0. The highest BCUT2D eigenvalue weighted by molar-refractivity contribution is 6.01. The Balaban J connectivity index is 4.04. The highest BCUT2D eigenvalue weighted by Gasteiger charge is 2.24. The molecule has 0 aliphatic heterocycles. The van der Waals surface area contributed by atoms with Crippen LogP contribution in [0.1, 0.15) is 0 Å². The number of esters is 2. The molecule has 1 atom stereocenters. The Morgan fingerprint density at radius 2 is 1.92 bits per heavy atom. The Labute approximate surface area is 67.3 Å². The normalized spacial score (nSPS) is 11.8. The van der Waals surface area contributed by atoms with Crippen LogP contribution in [0.2, 0.25) is 0 Å². The Morgan fingerprint density at radius 1 is 1.42 bits per heavy atom. The van der Waals surface area contributed by atoms with E-state index in [0.29, 0.717) is 0 Å². The number of carboxylic acids is 1. The molecule has 0 bridgehead atoms. The molecule has 0 fully saturated rings. The highest BCUT2D eigenvalue weighted by Crippen LogP contribution is 1.86. The summed E-state index contributed by atoms with van der Waals surface area (Å²) in [5, 5.41) is 8.17. The summed E-state index contributed by atoms with van der Waals surface area (Å²) < 4.78 is 3.91. The maximum atomic E-state index is 10.5. The van der Waals surface area contributed by atoms with Crippen molar-refractivity contribution in [2.24, 2.45) is 11.5 Å². The number of ether oxygens (including phenoxy) is 1. The van der Waals surface area contributed by atoms with Gasteiger partial charge in [0.2, 0.25) is 6.04 Å². The van der Waals surface area contributed by atoms with Crippen molar-refractivity contribution < 1.29 is 24.2 Å².